The van der Waals surface area contributed by atoms with Gasteiger partial charge in [-0.2, -0.15) is 0 Å². The van der Waals surface area contributed by atoms with Crippen LogP contribution in [-0.2, 0) is 30.4 Å². The molecule has 0 spiro atoms. The Morgan fingerprint density at radius 1 is 0.976 bits per heavy atom. The number of hydrogen-bond acceptors (Lipinski definition) is 7. The van der Waals surface area contributed by atoms with E-state index in [1.807, 2.05) is 71.6 Å². The fourth-order valence-corrected chi connectivity index (χ4v) is 5.57. The van der Waals surface area contributed by atoms with Crippen molar-refractivity contribution in [2.24, 2.45) is 0 Å². The number of carbonyl (C=O) groups excluding carboxylic acids is 2. The minimum atomic E-state index is -1.41. The predicted octanol–water partition coefficient (Wildman–Crippen LogP) is 3.32. The number of ether oxygens (including phenoxy) is 2. The lowest BCUT2D eigenvalue weighted by Crippen LogP contribution is -2.61. The zero-order chi connectivity index (χ0) is 28.8. The van der Waals surface area contributed by atoms with Gasteiger partial charge in [-0.05, 0) is 34.2 Å². The Kier molecular flexibility index (Phi) is 8.63. The van der Waals surface area contributed by atoms with Gasteiger partial charge in [0.2, 0.25) is 6.10 Å². The van der Waals surface area contributed by atoms with E-state index in [9.17, 15) is 19.5 Å². The van der Waals surface area contributed by atoms with E-state index in [1.54, 1.807) is 0 Å². The molecule has 2 unspecified atom stereocenters. The first-order valence-corrected chi connectivity index (χ1v) is 13.5. The highest BCUT2D eigenvalue weighted by Crippen LogP contribution is 2.44. The van der Waals surface area contributed by atoms with Crippen LogP contribution >= 0.6 is 0 Å². The van der Waals surface area contributed by atoms with Gasteiger partial charge in [-0.3, -0.25) is 14.5 Å². The standard InChI is InChI=1S/C31H33N3O7/c1-39-19-27(28(35)36)41-33-29(37)31(15-16-34(20-31)17-21-9-3-2-4-10-21)32-30(38)40-18-26-24-13-7-5-11-22(24)23-12-6-8-14-25(23)26/h2-14,26-27H,15-20H2,1H3,(H,32,38)(H,33,37)(H,35,36). The Hall–Kier alpha value is -4.25. The van der Waals surface area contributed by atoms with Crippen molar-refractivity contribution in [3.63, 3.8) is 0 Å². The van der Waals surface area contributed by atoms with Crippen molar-refractivity contribution in [3.05, 3.63) is 95.6 Å². The molecule has 0 bridgehead atoms. The molecule has 0 radical (unpaired) electrons. The molecule has 3 aromatic carbocycles. The van der Waals surface area contributed by atoms with E-state index in [4.69, 9.17) is 14.3 Å². The fourth-order valence-electron chi connectivity index (χ4n) is 5.57. The smallest absolute Gasteiger partial charge is 0.408 e. The van der Waals surface area contributed by atoms with Crippen LogP contribution in [-0.4, -0.2) is 73.0 Å². The van der Waals surface area contributed by atoms with Crippen LogP contribution in [0.4, 0.5) is 4.79 Å². The Bertz CT molecular complexity index is 1350. The van der Waals surface area contributed by atoms with Gasteiger partial charge >= 0.3 is 12.1 Å². The summed E-state index contributed by atoms with van der Waals surface area (Å²) in [7, 11) is 1.33. The molecule has 5 rings (SSSR count). The molecule has 1 heterocycles. The molecule has 0 saturated carbocycles. The van der Waals surface area contributed by atoms with Gasteiger partial charge in [0.05, 0.1) is 6.61 Å². The molecule has 214 valence electrons. The molecular formula is C31H33N3O7. The monoisotopic (exact) mass is 559 g/mol. The molecule has 41 heavy (non-hydrogen) atoms. The van der Waals surface area contributed by atoms with Crippen LogP contribution in [0.2, 0.25) is 0 Å². The van der Waals surface area contributed by atoms with Gasteiger partial charge < -0.3 is 19.9 Å². The number of likely N-dealkylation sites (tertiary alicyclic amines) is 1. The van der Waals surface area contributed by atoms with Gasteiger partial charge in [-0.25, -0.2) is 15.1 Å². The highest BCUT2D eigenvalue weighted by Gasteiger charge is 2.47. The van der Waals surface area contributed by atoms with E-state index < -0.39 is 29.6 Å². The average Bonchev–Trinajstić information content (AvgIpc) is 3.53. The Balaban J connectivity index is 1.29. The molecule has 3 N–H and O–H groups in total. The summed E-state index contributed by atoms with van der Waals surface area (Å²) in [6.45, 7) is 1.11. The SMILES string of the molecule is COCC(ONC(=O)C1(NC(=O)OCC2c3ccccc3-c3ccccc32)CCN(Cc2ccccc2)C1)C(=O)O. The third-order valence-electron chi connectivity index (χ3n) is 7.60. The van der Waals surface area contributed by atoms with Gasteiger partial charge in [-0.1, -0.05) is 78.9 Å². The molecule has 10 heteroatoms. The zero-order valence-electron chi connectivity index (χ0n) is 22.7. The number of amides is 2. The van der Waals surface area contributed by atoms with E-state index >= 15 is 0 Å². The molecule has 1 aliphatic carbocycles. The summed E-state index contributed by atoms with van der Waals surface area (Å²) in [5.74, 6) is -2.09. The summed E-state index contributed by atoms with van der Waals surface area (Å²) in [4.78, 5) is 45.3. The Morgan fingerprint density at radius 2 is 1.61 bits per heavy atom. The molecule has 2 atom stereocenters. The van der Waals surface area contributed by atoms with Crippen LogP contribution in [0.3, 0.4) is 0 Å². The van der Waals surface area contributed by atoms with Crippen LogP contribution in [0.15, 0.2) is 78.9 Å². The van der Waals surface area contributed by atoms with Crippen molar-refractivity contribution >= 4 is 18.0 Å². The number of rotatable bonds is 11. The maximum absolute atomic E-state index is 13.5. The van der Waals surface area contributed by atoms with Gasteiger partial charge in [-0.15, -0.1) is 0 Å². The number of nitrogens with one attached hydrogen (secondary N) is 2. The van der Waals surface area contributed by atoms with Crippen LogP contribution < -0.4 is 10.8 Å². The lowest BCUT2D eigenvalue weighted by molar-refractivity contribution is -0.167. The van der Waals surface area contributed by atoms with E-state index in [0.29, 0.717) is 13.1 Å². The number of fused-ring (bicyclic) bond motifs is 3. The van der Waals surface area contributed by atoms with E-state index in [1.165, 1.54) is 7.11 Å². The van der Waals surface area contributed by atoms with Crippen molar-refractivity contribution < 1.29 is 33.8 Å². The second kappa shape index (κ2) is 12.5. The number of alkyl carbamates (subject to hydrolysis) is 1. The summed E-state index contributed by atoms with van der Waals surface area (Å²) < 4.78 is 10.6. The first kappa shape index (κ1) is 28.3. The maximum Gasteiger partial charge on any atom is 0.408 e. The Morgan fingerprint density at radius 3 is 2.24 bits per heavy atom. The molecular weight excluding hydrogens is 526 g/mol. The molecule has 2 aliphatic rings. The number of methoxy groups -OCH3 is 1. The number of nitrogens with zero attached hydrogens (tertiary/aromatic N) is 1. The van der Waals surface area contributed by atoms with Gasteiger partial charge in [0.15, 0.2) is 0 Å². The largest absolute Gasteiger partial charge is 0.479 e. The van der Waals surface area contributed by atoms with Gasteiger partial charge in [0.25, 0.3) is 5.91 Å². The summed E-state index contributed by atoms with van der Waals surface area (Å²) >= 11 is 0. The van der Waals surface area contributed by atoms with Crippen molar-refractivity contribution in [2.75, 3.05) is 33.4 Å². The van der Waals surface area contributed by atoms with Crippen LogP contribution in [0, 0.1) is 0 Å². The maximum atomic E-state index is 13.5. The number of hydrogen-bond donors (Lipinski definition) is 3. The zero-order valence-corrected chi connectivity index (χ0v) is 22.7. The van der Waals surface area contributed by atoms with E-state index in [2.05, 4.69) is 22.9 Å². The first-order valence-electron chi connectivity index (χ1n) is 13.5. The number of carboxylic acids is 1. The van der Waals surface area contributed by atoms with Crippen LogP contribution in [0.5, 0.6) is 0 Å². The predicted molar refractivity (Wildman–Crippen MR) is 150 cm³/mol. The minimum Gasteiger partial charge on any atom is -0.479 e. The molecule has 3 aromatic rings. The van der Waals surface area contributed by atoms with Crippen molar-refractivity contribution in [2.45, 2.75) is 30.5 Å². The molecule has 1 fully saturated rings. The Labute approximate surface area is 238 Å². The lowest BCUT2D eigenvalue weighted by atomic mass is 9.97. The average molecular weight is 560 g/mol. The van der Waals surface area contributed by atoms with E-state index in [-0.39, 0.29) is 32.1 Å². The van der Waals surface area contributed by atoms with E-state index in [0.717, 1.165) is 27.8 Å². The highest BCUT2D eigenvalue weighted by atomic mass is 16.7. The van der Waals surface area contributed by atoms with Gasteiger partial charge in [0, 0.05) is 32.7 Å². The van der Waals surface area contributed by atoms with Crippen LogP contribution in [0.1, 0.15) is 29.0 Å². The number of aliphatic carboxylic acids is 1. The topological polar surface area (TPSA) is 126 Å². The first-order chi connectivity index (χ1) is 19.9. The number of hydroxylamine groups is 1. The lowest BCUT2D eigenvalue weighted by Gasteiger charge is -2.29. The third-order valence-corrected chi connectivity index (χ3v) is 7.60. The summed E-state index contributed by atoms with van der Waals surface area (Å²) in [5, 5.41) is 12.1. The van der Waals surface area contributed by atoms with Gasteiger partial charge in [0.1, 0.15) is 12.1 Å². The summed E-state index contributed by atoms with van der Waals surface area (Å²) in [6.07, 6.45) is -1.87. The second-order valence-electron chi connectivity index (χ2n) is 10.3. The summed E-state index contributed by atoms with van der Waals surface area (Å²) in [5.41, 5.74) is 6.30. The fraction of sp³-hybridized carbons (Fsp3) is 0.323. The normalized spacial score (nSPS) is 18.8. The third kappa shape index (κ3) is 6.25. The quantitative estimate of drug-likeness (QED) is 0.306. The summed E-state index contributed by atoms with van der Waals surface area (Å²) in [6, 6.07) is 25.9. The molecule has 10 nitrogen and oxygen atoms in total. The number of carboxylic acid groups (broad SMARTS) is 1. The van der Waals surface area contributed by atoms with Crippen molar-refractivity contribution in [1.29, 1.82) is 0 Å². The highest BCUT2D eigenvalue weighted by molar-refractivity contribution is 5.90. The molecule has 0 aromatic heterocycles. The molecule has 1 saturated heterocycles. The molecule has 2 amide bonds. The second-order valence-corrected chi connectivity index (χ2v) is 10.3. The number of benzene rings is 3. The van der Waals surface area contributed by atoms with Crippen molar-refractivity contribution in [1.82, 2.24) is 15.7 Å². The molecule has 1 aliphatic heterocycles. The van der Waals surface area contributed by atoms with Crippen molar-refractivity contribution in [3.8, 4) is 11.1 Å². The number of carbonyl (C=O) groups is 3. The minimum absolute atomic E-state index is 0.0940. The van der Waals surface area contributed by atoms with Crippen LogP contribution in [0.25, 0.3) is 11.1 Å².